The molecule has 5 N–H and O–H groups in total. The fourth-order valence-electron chi connectivity index (χ4n) is 1.71. The van der Waals surface area contributed by atoms with Gasteiger partial charge in [0.15, 0.2) is 0 Å². The van der Waals surface area contributed by atoms with Crippen LogP contribution in [0.1, 0.15) is 10.4 Å². The number of methoxy groups -OCH3 is 1. The van der Waals surface area contributed by atoms with Crippen molar-refractivity contribution < 1.29 is 9.53 Å². The molecule has 6 heteroatoms. The number of nitrogens with two attached hydrogens (primary N) is 2. The lowest BCUT2D eigenvalue weighted by molar-refractivity contribution is 0.100. The fraction of sp³-hybridized carbons (Fsp3) is 0.0714. The Hall–Kier alpha value is -2.21. The van der Waals surface area contributed by atoms with Crippen molar-refractivity contribution in [1.29, 1.82) is 0 Å². The number of amides is 1. The Morgan fingerprint density at radius 1 is 1.25 bits per heavy atom. The lowest BCUT2D eigenvalue weighted by Gasteiger charge is -2.12. The summed E-state index contributed by atoms with van der Waals surface area (Å²) in [6.07, 6.45) is 0. The van der Waals surface area contributed by atoms with E-state index in [0.29, 0.717) is 22.7 Å². The maximum Gasteiger partial charge on any atom is 0.248 e. The molecule has 0 aliphatic carbocycles. The summed E-state index contributed by atoms with van der Waals surface area (Å²) in [6, 6.07) is 10.4. The van der Waals surface area contributed by atoms with Gasteiger partial charge in [0.1, 0.15) is 5.75 Å². The molecule has 0 atom stereocenters. The van der Waals surface area contributed by atoms with Gasteiger partial charge in [-0.15, -0.1) is 0 Å². The van der Waals surface area contributed by atoms with Gasteiger partial charge in [-0.1, -0.05) is 0 Å². The van der Waals surface area contributed by atoms with Crippen molar-refractivity contribution in [2.24, 2.45) is 5.73 Å². The summed E-state index contributed by atoms with van der Waals surface area (Å²) in [7, 11) is 1.59. The second-order valence-electron chi connectivity index (χ2n) is 4.14. The molecule has 0 bridgehead atoms. The van der Waals surface area contributed by atoms with E-state index in [-0.39, 0.29) is 0 Å². The maximum atomic E-state index is 11.2. The molecule has 104 valence electrons. The molecule has 0 aromatic heterocycles. The van der Waals surface area contributed by atoms with Crippen LogP contribution in [0.15, 0.2) is 40.9 Å². The van der Waals surface area contributed by atoms with Crippen LogP contribution in [-0.4, -0.2) is 13.0 Å². The number of hydrogen-bond acceptors (Lipinski definition) is 4. The van der Waals surface area contributed by atoms with E-state index in [2.05, 4.69) is 21.2 Å². The molecule has 0 saturated heterocycles. The Morgan fingerprint density at radius 2 is 2.00 bits per heavy atom. The van der Waals surface area contributed by atoms with Crippen molar-refractivity contribution in [2.45, 2.75) is 0 Å². The second-order valence-corrected chi connectivity index (χ2v) is 4.99. The average Bonchev–Trinajstić information content (AvgIpc) is 2.43. The van der Waals surface area contributed by atoms with E-state index in [9.17, 15) is 4.79 Å². The second kappa shape index (κ2) is 5.83. The van der Waals surface area contributed by atoms with Crippen LogP contribution < -0.4 is 21.5 Å². The van der Waals surface area contributed by atoms with Crippen LogP contribution in [-0.2, 0) is 0 Å². The average molecular weight is 336 g/mol. The van der Waals surface area contributed by atoms with E-state index in [1.807, 2.05) is 18.2 Å². The van der Waals surface area contributed by atoms with E-state index in [0.717, 1.165) is 10.2 Å². The van der Waals surface area contributed by atoms with Gasteiger partial charge >= 0.3 is 0 Å². The number of ether oxygens (including phenoxy) is 1. The van der Waals surface area contributed by atoms with Crippen molar-refractivity contribution in [3.05, 3.63) is 46.4 Å². The van der Waals surface area contributed by atoms with Crippen LogP contribution in [0.2, 0.25) is 0 Å². The zero-order valence-electron chi connectivity index (χ0n) is 10.8. The molecule has 20 heavy (non-hydrogen) atoms. The zero-order chi connectivity index (χ0) is 14.7. The number of rotatable bonds is 4. The molecule has 0 fully saturated rings. The SMILES string of the molecule is COc1cc(Nc2cc(C(N)=O)ccc2N)ccc1Br. The van der Waals surface area contributed by atoms with Crippen LogP contribution in [0.3, 0.4) is 0 Å². The number of primary amides is 1. The molecule has 0 unspecified atom stereocenters. The summed E-state index contributed by atoms with van der Waals surface area (Å²) >= 11 is 3.38. The molecule has 0 aliphatic rings. The Morgan fingerprint density at radius 3 is 2.65 bits per heavy atom. The number of halogens is 1. The van der Waals surface area contributed by atoms with Crippen LogP contribution in [0.4, 0.5) is 17.1 Å². The Labute approximate surface area is 125 Å². The van der Waals surface area contributed by atoms with Crippen LogP contribution in [0.25, 0.3) is 0 Å². The lowest BCUT2D eigenvalue weighted by Crippen LogP contribution is -2.11. The first-order valence-electron chi connectivity index (χ1n) is 5.81. The highest BCUT2D eigenvalue weighted by atomic mass is 79.9. The minimum atomic E-state index is -0.499. The Balaban J connectivity index is 2.34. The number of hydrogen-bond donors (Lipinski definition) is 3. The minimum absolute atomic E-state index is 0.394. The molecule has 1 amide bonds. The number of nitrogens with one attached hydrogen (secondary N) is 1. The molecule has 0 aliphatic heterocycles. The summed E-state index contributed by atoms with van der Waals surface area (Å²) in [5.74, 6) is 0.195. The highest BCUT2D eigenvalue weighted by Crippen LogP contribution is 2.31. The van der Waals surface area contributed by atoms with Crippen molar-refractivity contribution in [2.75, 3.05) is 18.2 Å². The quantitative estimate of drug-likeness (QED) is 0.749. The smallest absolute Gasteiger partial charge is 0.248 e. The first kappa shape index (κ1) is 14.2. The summed E-state index contributed by atoms with van der Waals surface area (Å²) in [5, 5.41) is 3.14. The van der Waals surface area contributed by atoms with Gasteiger partial charge in [0.2, 0.25) is 5.91 Å². The van der Waals surface area contributed by atoms with Gasteiger partial charge in [-0.2, -0.15) is 0 Å². The number of anilines is 3. The molecule has 0 heterocycles. The van der Waals surface area contributed by atoms with E-state index < -0.39 is 5.91 Å². The molecule has 5 nitrogen and oxygen atoms in total. The van der Waals surface area contributed by atoms with Gasteiger partial charge in [0.05, 0.1) is 23.0 Å². The molecule has 0 spiro atoms. The Bertz CT molecular complexity index is 659. The number of carbonyl (C=O) groups excluding carboxylic acids is 1. The minimum Gasteiger partial charge on any atom is -0.495 e. The predicted octanol–water partition coefficient (Wildman–Crippen LogP) is 2.88. The molecular weight excluding hydrogens is 322 g/mol. The summed E-state index contributed by atoms with van der Waals surface area (Å²) in [5.41, 5.74) is 13.5. The first-order valence-corrected chi connectivity index (χ1v) is 6.60. The molecule has 2 aromatic carbocycles. The third-order valence-electron chi connectivity index (χ3n) is 2.77. The van der Waals surface area contributed by atoms with Gasteiger partial charge in [-0.05, 0) is 46.3 Å². The highest BCUT2D eigenvalue weighted by Gasteiger charge is 2.07. The molecular formula is C14H14BrN3O2. The fourth-order valence-corrected chi connectivity index (χ4v) is 2.12. The van der Waals surface area contributed by atoms with Gasteiger partial charge in [-0.25, -0.2) is 0 Å². The van der Waals surface area contributed by atoms with Gasteiger partial charge in [0, 0.05) is 17.3 Å². The van der Waals surface area contributed by atoms with E-state index >= 15 is 0 Å². The largest absolute Gasteiger partial charge is 0.495 e. The summed E-state index contributed by atoms with van der Waals surface area (Å²) in [4.78, 5) is 11.2. The third kappa shape index (κ3) is 3.03. The number of carbonyl (C=O) groups is 1. The maximum absolute atomic E-state index is 11.2. The van der Waals surface area contributed by atoms with Gasteiger partial charge < -0.3 is 21.5 Å². The van der Waals surface area contributed by atoms with E-state index in [1.165, 1.54) is 0 Å². The highest BCUT2D eigenvalue weighted by molar-refractivity contribution is 9.10. The van der Waals surface area contributed by atoms with Crippen LogP contribution in [0, 0.1) is 0 Å². The molecule has 0 saturated carbocycles. The monoisotopic (exact) mass is 335 g/mol. The first-order chi connectivity index (χ1) is 9.51. The number of benzene rings is 2. The van der Waals surface area contributed by atoms with Crippen molar-refractivity contribution in [3.63, 3.8) is 0 Å². The van der Waals surface area contributed by atoms with Gasteiger partial charge in [-0.3, -0.25) is 4.79 Å². The molecule has 0 radical (unpaired) electrons. The topological polar surface area (TPSA) is 90.4 Å². The summed E-state index contributed by atoms with van der Waals surface area (Å²) in [6.45, 7) is 0. The van der Waals surface area contributed by atoms with Crippen molar-refractivity contribution in [1.82, 2.24) is 0 Å². The zero-order valence-corrected chi connectivity index (χ0v) is 12.4. The van der Waals surface area contributed by atoms with Gasteiger partial charge in [0.25, 0.3) is 0 Å². The number of nitrogen functional groups attached to an aromatic ring is 1. The van der Waals surface area contributed by atoms with Crippen LogP contribution in [0.5, 0.6) is 5.75 Å². The lowest BCUT2D eigenvalue weighted by atomic mass is 10.1. The van der Waals surface area contributed by atoms with Crippen LogP contribution >= 0.6 is 15.9 Å². The third-order valence-corrected chi connectivity index (χ3v) is 3.42. The summed E-state index contributed by atoms with van der Waals surface area (Å²) < 4.78 is 6.07. The molecule has 2 aromatic rings. The van der Waals surface area contributed by atoms with Crippen molar-refractivity contribution in [3.8, 4) is 5.75 Å². The Kier molecular flexibility index (Phi) is 4.14. The normalized spacial score (nSPS) is 10.1. The van der Waals surface area contributed by atoms with E-state index in [4.69, 9.17) is 16.2 Å². The standard InChI is InChI=1S/C14H14BrN3O2/c1-20-13-7-9(3-4-10(13)15)18-12-6-8(14(17)19)2-5-11(12)16/h2-7,18H,16H2,1H3,(H2,17,19). The molecule has 2 rings (SSSR count). The van der Waals surface area contributed by atoms with E-state index in [1.54, 1.807) is 25.3 Å². The predicted molar refractivity (Wildman–Crippen MR) is 83.3 cm³/mol. The van der Waals surface area contributed by atoms with Crippen molar-refractivity contribution >= 4 is 38.9 Å².